The second-order valence-corrected chi connectivity index (χ2v) is 5.93. The first-order valence-corrected chi connectivity index (χ1v) is 7.35. The van der Waals surface area contributed by atoms with E-state index in [1.165, 1.54) is 16.7 Å². The number of halogens is 4. The minimum absolute atomic E-state index is 0.275. The molecule has 106 valence electrons. The van der Waals surface area contributed by atoms with E-state index < -0.39 is 5.82 Å². The molecule has 0 spiro atoms. The minimum Gasteiger partial charge on any atom is -0.268 e. The zero-order valence-corrected chi connectivity index (χ0v) is 13.4. The van der Waals surface area contributed by atoms with Gasteiger partial charge in [0.05, 0.1) is 10.2 Å². The normalized spacial score (nSPS) is 11.0. The van der Waals surface area contributed by atoms with Crippen molar-refractivity contribution in [3.8, 4) is 5.69 Å². The van der Waals surface area contributed by atoms with Gasteiger partial charge in [0.1, 0.15) is 5.65 Å². The van der Waals surface area contributed by atoms with Crippen LogP contribution in [0.1, 0.15) is 0 Å². The van der Waals surface area contributed by atoms with E-state index in [1.807, 2.05) is 0 Å². The average molecular weight is 388 g/mol. The molecule has 0 saturated heterocycles. The lowest BCUT2D eigenvalue weighted by atomic mass is 10.2. The standard InChI is InChI=1S/C14H6BrCl2FN2O/c15-10-5-7-6-11(18)12(17)19-13(7)20(14(10)21)9-3-1-8(16)2-4-9/h1-6H. The van der Waals surface area contributed by atoms with E-state index in [2.05, 4.69) is 20.9 Å². The summed E-state index contributed by atoms with van der Waals surface area (Å²) in [5.41, 5.74) is 0.516. The molecule has 2 heterocycles. The molecule has 0 aliphatic carbocycles. The summed E-state index contributed by atoms with van der Waals surface area (Å²) in [6.45, 7) is 0. The molecular weight excluding hydrogens is 382 g/mol. The van der Waals surface area contributed by atoms with E-state index in [0.717, 1.165) is 0 Å². The number of aromatic nitrogens is 2. The predicted octanol–water partition coefficient (Wildman–Crippen LogP) is 4.59. The number of hydrogen-bond donors (Lipinski definition) is 0. The van der Waals surface area contributed by atoms with Gasteiger partial charge in [0.2, 0.25) is 0 Å². The predicted molar refractivity (Wildman–Crippen MR) is 85.0 cm³/mol. The van der Waals surface area contributed by atoms with Gasteiger partial charge in [-0.2, -0.15) is 0 Å². The number of fused-ring (bicyclic) bond motifs is 1. The van der Waals surface area contributed by atoms with Crippen molar-refractivity contribution in [2.45, 2.75) is 0 Å². The van der Waals surface area contributed by atoms with Crippen molar-refractivity contribution in [2.24, 2.45) is 0 Å². The Morgan fingerprint density at radius 3 is 2.48 bits per heavy atom. The molecule has 0 amide bonds. The Morgan fingerprint density at radius 2 is 1.81 bits per heavy atom. The molecule has 3 nitrogen and oxygen atoms in total. The molecule has 0 unspecified atom stereocenters. The van der Waals surface area contributed by atoms with Gasteiger partial charge in [-0.1, -0.05) is 23.2 Å². The highest BCUT2D eigenvalue weighted by molar-refractivity contribution is 9.10. The van der Waals surface area contributed by atoms with Crippen LogP contribution in [0.4, 0.5) is 4.39 Å². The molecule has 0 aliphatic rings. The Morgan fingerprint density at radius 1 is 1.14 bits per heavy atom. The fourth-order valence-corrected chi connectivity index (χ4v) is 2.67. The first-order chi connectivity index (χ1) is 9.97. The van der Waals surface area contributed by atoms with E-state index in [9.17, 15) is 9.18 Å². The summed E-state index contributed by atoms with van der Waals surface area (Å²) in [5, 5.41) is 0.716. The molecule has 0 saturated carbocycles. The lowest BCUT2D eigenvalue weighted by molar-refractivity contribution is 0.624. The fourth-order valence-electron chi connectivity index (χ4n) is 1.99. The van der Waals surface area contributed by atoms with Crippen LogP contribution >= 0.6 is 39.1 Å². The highest BCUT2D eigenvalue weighted by Crippen LogP contribution is 2.23. The highest BCUT2D eigenvalue weighted by Gasteiger charge is 2.13. The van der Waals surface area contributed by atoms with Crippen molar-refractivity contribution in [2.75, 3.05) is 0 Å². The summed E-state index contributed by atoms with van der Waals surface area (Å²) in [5.74, 6) is -0.641. The van der Waals surface area contributed by atoms with Crippen LogP contribution in [-0.2, 0) is 0 Å². The van der Waals surface area contributed by atoms with Crippen molar-refractivity contribution in [3.63, 3.8) is 0 Å². The summed E-state index contributed by atoms with van der Waals surface area (Å²) in [6, 6.07) is 9.41. The van der Waals surface area contributed by atoms with Crippen LogP contribution in [0.3, 0.4) is 0 Å². The molecular formula is C14H6BrCl2FN2O. The molecule has 0 aliphatic heterocycles. The molecule has 0 radical (unpaired) electrons. The van der Waals surface area contributed by atoms with Crippen LogP contribution < -0.4 is 5.56 Å². The largest absolute Gasteiger partial charge is 0.271 e. The zero-order chi connectivity index (χ0) is 15.1. The van der Waals surface area contributed by atoms with E-state index >= 15 is 0 Å². The van der Waals surface area contributed by atoms with Crippen molar-refractivity contribution < 1.29 is 4.39 Å². The van der Waals surface area contributed by atoms with Gasteiger partial charge in [0.25, 0.3) is 5.56 Å². The van der Waals surface area contributed by atoms with Crippen LogP contribution in [0.25, 0.3) is 16.7 Å². The van der Waals surface area contributed by atoms with Crippen LogP contribution in [0.2, 0.25) is 10.2 Å². The maximum absolute atomic E-state index is 13.6. The second-order valence-electron chi connectivity index (χ2n) is 4.28. The van der Waals surface area contributed by atoms with Crippen LogP contribution in [-0.4, -0.2) is 9.55 Å². The van der Waals surface area contributed by atoms with E-state index in [0.29, 0.717) is 20.6 Å². The summed E-state index contributed by atoms with van der Waals surface area (Å²) in [4.78, 5) is 16.3. The molecule has 0 atom stereocenters. The van der Waals surface area contributed by atoms with Gasteiger partial charge in [-0.15, -0.1) is 0 Å². The van der Waals surface area contributed by atoms with Crippen molar-refractivity contribution in [3.05, 3.63) is 67.2 Å². The first kappa shape index (κ1) is 14.5. The molecule has 3 rings (SSSR count). The van der Waals surface area contributed by atoms with Crippen molar-refractivity contribution in [1.29, 1.82) is 0 Å². The van der Waals surface area contributed by atoms with Crippen molar-refractivity contribution >= 4 is 50.2 Å². The van der Waals surface area contributed by atoms with Gasteiger partial charge in [-0.25, -0.2) is 9.37 Å². The van der Waals surface area contributed by atoms with E-state index in [-0.39, 0.29) is 16.4 Å². The first-order valence-electron chi connectivity index (χ1n) is 5.80. The average Bonchev–Trinajstić information content (AvgIpc) is 2.44. The number of benzene rings is 1. The SMILES string of the molecule is O=c1c(Br)cc2cc(F)c(Cl)nc2n1-c1ccc(Cl)cc1. The molecule has 7 heteroatoms. The van der Waals surface area contributed by atoms with E-state index in [4.69, 9.17) is 23.2 Å². The molecule has 0 fully saturated rings. The summed E-state index contributed by atoms with van der Waals surface area (Å²) < 4.78 is 15.2. The Hall–Kier alpha value is -1.43. The molecule has 2 aromatic heterocycles. The smallest absolute Gasteiger partial charge is 0.268 e. The maximum Gasteiger partial charge on any atom is 0.271 e. The third-order valence-corrected chi connectivity index (χ3v) is 4.01. The van der Waals surface area contributed by atoms with Gasteiger partial charge in [-0.05, 0) is 52.3 Å². The Balaban J connectivity index is 2.44. The Bertz CT molecular complexity index is 909. The quantitative estimate of drug-likeness (QED) is 0.572. The number of pyridine rings is 2. The van der Waals surface area contributed by atoms with Crippen molar-refractivity contribution in [1.82, 2.24) is 9.55 Å². The molecule has 0 bridgehead atoms. The maximum atomic E-state index is 13.6. The molecule has 1 aromatic carbocycles. The van der Waals surface area contributed by atoms with Gasteiger partial charge in [0.15, 0.2) is 11.0 Å². The number of rotatable bonds is 1. The number of nitrogens with zero attached hydrogens (tertiary/aromatic N) is 2. The van der Waals surface area contributed by atoms with Gasteiger partial charge in [0, 0.05) is 10.4 Å². The van der Waals surface area contributed by atoms with E-state index in [1.54, 1.807) is 24.3 Å². The summed E-state index contributed by atoms with van der Waals surface area (Å²) in [6.07, 6.45) is 0. The summed E-state index contributed by atoms with van der Waals surface area (Å²) in [7, 11) is 0. The summed E-state index contributed by atoms with van der Waals surface area (Å²) >= 11 is 14.8. The third kappa shape index (κ3) is 2.57. The van der Waals surface area contributed by atoms with Gasteiger partial charge in [-0.3, -0.25) is 9.36 Å². The zero-order valence-electron chi connectivity index (χ0n) is 10.3. The number of hydrogen-bond acceptors (Lipinski definition) is 2. The second kappa shape index (κ2) is 5.40. The van der Waals surface area contributed by atoms with Crippen LogP contribution in [0, 0.1) is 5.82 Å². The monoisotopic (exact) mass is 386 g/mol. The minimum atomic E-state index is -0.641. The molecule has 3 aromatic rings. The lowest BCUT2D eigenvalue weighted by Gasteiger charge is -2.11. The van der Waals surface area contributed by atoms with Gasteiger partial charge < -0.3 is 0 Å². The van der Waals surface area contributed by atoms with Gasteiger partial charge >= 0.3 is 0 Å². The van der Waals surface area contributed by atoms with Crippen LogP contribution in [0.5, 0.6) is 0 Å². The Labute approximate surface area is 137 Å². The highest BCUT2D eigenvalue weighted by atomic mass is 79.9. The third-order valence-electron chi connectivity index (χ3n) is 2.93. The molecule has 21 heavy (non-hydrogen) atoms. The molecule has 0 N–H and O–H groups in total. The lowest BCUT2D eigenvalue weighted by Crippen LogP contribution is -2.20. The Kier molecular flexibility index (Phi) is 3.73. The topological polar surface area (TPSA) is 34.9 Å². The van der Waals surface area contributed by atoms with Crippen LogP contribution in [0.15, 0.2) is 45.7 Å². The fraction of sp³-hybridized carbons (Fsp3) is 0.